The molecular weight excluding hydrogens is 224 g/mol. The van der Waals surface area contributed by atoms with Gasteiger partial charge >= 0.3 is 0 Å². The molecule has 1 saturated heterocycles. The lowest BCUT2D eigenvalue weighted by Crippen LogP contribution is -2.57. The highest BCUT2D eigenvalue weighted by atomic mass is 16.5. The van der Waals surface area contributed by atoms with E-state index in [1.54, 1.807) is 0 Å². The quantitative estimate of drug-likeness (QED) is 0.835. The van der Waals surface area contributed by atoms with Crippen molar-refractivity contribution in [1.29, 1.82) is 0 Å². The Morgan fingerprint density at radius 1 is 1.17 bits per heavy atom. The predicted molar refractivity (Wildman–Crippen MR) is 75.8 cm³/mol. The highest BCUT2D eigenvalue weighted by Gasteiger charge is 2.37. The molecule has 1 aliphatic heterocycles. The van der Waals surface area contributed by atoms with Crippen LogP contribution < -0.4 is 5.32 Å². The third-order valence-corrected chi connectivity index (χ3v) is 4.57. The molecule has 0 spiro atoms. The van der Waals surface area contributed by atoms with Gasteiger partial charge in [-0.1, -0.05) is 20.8 Å². The maximum absolute atomic E-state index is 5.61. The van der Waals surface area contributed by atoms with E-state index in [1.807, 2.05) is 0 Å². The fourth-order valence-corrected chi connectivity index (χ4v) is 3.98. The van der Waals surface area contributed by atoms with Crippen molar-refractivity contribution >= 4 is 0 Å². The van der Waals surface area contributed by atoms with Crippen LogP contribution in [0.25, 0.3) is 0 Å². The molecule has 0 radical (unpaired) electrons. The van der Waals surface area contributed by atoms with E-state index in [0.717, 1.165) is 38.1 Å². The third-order valence-electron chi connectivity index (χ3n) is 4.57. The molecule has 4 unspecified atom stereocenters. The summed E-state index contributed by atoms with van der Waals surface area (Å²) in [5.41, 5.74) is 0. The zero-order chi connectivity index (χ0) is 13.0. The van der Waals surface area contributed by atoms with Crippen LogP contribution in [-0.2, 0) is 4.74 Å². The van der Waals surface area contributed by atoms with Crippen molar-refractivity contribution in [3.05, 3.63) is 0 Å². The molecule has 1 aliphatic carbocycles. The molecular formula is C15H30N2O. The minimum absolute atomic E-state index is 0.673. The van der Waals surface area contributed by atoms with Gasteiger partial charge in [-0.3, -0.25) is 4.90 Å². The first kappa shape index (κ1) is 14.3. The molecule has 3 heteroatoms. The number of likely N-dealkylation sites (N-methyl/N-ethyl adjacent to an activating group) is 1. The zero-order valence-corrected chi connectivity index (χ0v) is 12.3. The Morgan fingerprint density at radius 2 is 2.00 bits per heavy atom. The topological polar surface area (TPSA) is 24.5 Å². The molecule has 0 aromatic carbocycles. The summed E-state index contributed by atoms with van der Waals surface area (Å²) in [6, 6.07) is 1.38. The minimum atomic E-state index is 0.673. The molecule has 1 saturated carbocycles. The lowest BCUT2D eigenvalue weighted by molar-refractivity contribution is 0.0574. The van der Waals surface area contributed by atoms with E-state index in [2.05, 4.69) is 31.0 Å². The van der Waals surface area contributed by atoms with E-state index < -0.39 is 0 Å². The number of hydrogen-bond donors (Lipinski definition) is 1. The molecule has 2 fully saturated rings. The predicted octanol–water partition coefficient (Wildman–Crippen LogP) is 2.12. The maximum atomic E-state index is 5.61. The first-order chi connectivity index (χ1) is 8.72. The maximum Gasteiger partial charge on any atom is 0.0593 e. The van der Waals surface area contributed by atoms with E-state index in [-0.39, 0.29) is 0 Å². The van der Waals surface area contributed by atoms with Crippen LogP contribution in [0.3, 0.4) is 0 Å². The number of rotatable bonds is 3. The van der Waals surface area contributed by atoms with Gasteiger partial charge in [0.2, 0.25) is 0 Å². The molecule has 0 aromatic rings. The monoisotopic (exact) mass is 254 g/mol. The molecule has 1 heterocycles. The minimum Gasteiger partial charge on any atom is -0.380 e. The lowest BCUT2D eigenvalue weighted by atomic mass is 9.75. The fourth-order valence-electron chi connectivity index (χ4n) is 3.98. The molecule has 2 aliphatic rings. The largest absolute Gasteiger partial charge is 0.380 e. The average Bonchev–Trinajstić information content (AvgIpc) is 2.57. The van der Waals surface area contributed by atoms with Gasteiger partial charge in [-0.2, -0.15) is 0 Å². The lowest BCUT2D eigenvalue weighted by Gasteiger charge is -2.45. The van der Waals surface area contributed by atoms with Crippen molar-refractivity contribution in [1.82, 2.24) is 10.2 Å². The second-order valence-corrected chi connectivity index (χ2v) is 6.21. The van der Waals surface area contributed by atoms with Crippen LogP contribution in [-0.4, -0.2) is 49.8 Å². The fraction of sp³-hybridized carbons (Fsp3) is 1.00. The average molecular weight is 254 g/mol. The molecule has 18 heavy (non-hydrogen) atoms. The SMILES string of the molecule is CCNC1CC(C)CC(C)C1N1CCCOCC1. The first-order valence-electron chi connectivity index (χ1n) is 7.77. The van der Waals surface area contributed by atoms with Gasteiger partial charge in [-0.15, -0.1) is 0 Å². The zero-order valence-electron chi connectivity index (χ0n) is 12.3. The van der Waals surface area contributed by atoms with Crippen molar-refractivity contribution < 1.29 is 4.74 Å². The molecule has 0 bridgehead atoms. The van der Waals surface area contributed by atoms with E-state index >= 15 is 0 Å². The van der Waals surface area contributed by atoms with Crippen molar-refractivity contribution in [3.63, 3.8) is 0 Å². The smallest absolute Gasteiger partial charge is 0.0593 e. The van der Waals surface area contributed by atoms with E-state index in [9.17, 15) is 0 Å². The third kappa shape index (κ3) is 3.46. The Bertz CT molecular complexity index is 237. The van der Waals surface area contributed by atoms with Crippen LogP contribution in [0.15, 0.2) is 0 Å². The van der Waals surface area contributed by atoms with Crippen molar-refractivity contribution in [2.75, 3.05) is 32.8 Å². The second kappa shape index (κ2) is 6.88. The van der Waals surface area contributed by atoms with E-state index in [4.69, 9.17) is 4.74 Å². The summed E-state index contributed by atoms with van der Waals surface area (Å²) >= 11 is 0. The van der Waals surface area contributed by atoms with Crippen LogP contribution in [0.4, 0.5) is 0 Å². The van der Waals surface area contributed by atoms with Crippen molar-refractivity contribution in [2.45, 2.75) is 52.1 Å². The summed E-state index contributed by atoms with van der Waals surface area (Å²) < 4.78 is 5.61. The standard InChI is InChI=1S/C15H30N2O/c1-4-16-14-11-12(2)10-13(3)15(14)17-6-5-8-18-9-7-17/h12-16H,4-11H2,1-3H3. The molecule has 3 nitrogen and oxygen atoms in total. The number of nitrogens with zero attached hydrogens (tertiary/aromatic N) is 1. The van der Waals surface area contributed by atoms with Gasteiger partial charge in [0.15, 0.2) is 0 Å². The van der Waals surface area contributed by atoms with Crippen LogP contribution >= 0.6 is 0 Å². The van der Waals surface area contributed by atoms with Gasteiger partial charge in [-0.25, -0.2) is 0 Å². The van der Waals surface area contributed by atoms with Crippen LogP contribution in [0.1, 0.15) is 40.0 Å². The Morgan fingerprint density at radius 3 is 2.78 bits per heavy atom. The number of hydrogen-bond acceptors (Lipinski definition) is 3. The van der Waals surface area contributed by atoms with Gasteiger partial charge in [-0.05, 0) is 37.6 Å². The molecule has 2 rings (SSSR count). The Kier molecular flexibility index (Phi) is 5.46. The van der Waals surface area contributed by atoms with Crippen LogP contribution in [0, 0.1) is 11.8 Å². The summed E-state index contributed by atoms with van der Waals surface area (Å²) in [6.45, 7) is 12.4. The van der Waals surface area contributed by atoms with Gasteiger partial charge in [0, 0.05) is 31.8 Å². The normalized spacial score (nSPS) is 39.5. The summed E-state index contributed by atoms with van der Waals surface area (Å²) in [4.78, 5) is 2.69. The molecule has 4 atom stereocenters. The van der Waals surface area contributed by atoms with Gasteiger partial charge < -0.3 is 10.1 Å². The van der Waals surface area contributed by atoms with E-state index in [0.29, 0.717) is 12.1 Å². The molecule has 0 aromatic heterocycles. The summed E-state index contributed by atoms with van der Waals surface area (Å²) in [5.74, 6) is 1.67. The van der Waals surface area contributed by atoms with Crippen molar-refractivity contribution in [2.24, 2.45) is 11.8 Å². The number of ether oxygens (including phenoxy) is 1. The first-order valence-corrected chi connectivity index (χ1v) is 7.77. The Labute approximate surface area is 112 Å². The summed E-state index contributed by atoms with van der Waals surface area (Å²) in [6.07, 6.45) is 3.90. The highest BCUT2D eigenvalue weighted by molar-refractivity contribution is 4.94. The molecule has 0 amide bonds. The highest BCUT2D eigenvalue weighted by Crippen LogP contribution is 2.32. The van der Waals surface area contributed by atoms with E-state index in [1.165, 1.54) is 25.8 Å². The van der Waals surface area contributed by atoms with Crippen LogP contribution in [0.2, 0.25) is 0 Å². The van der Waals surface area contributed by atoms with Crippen LogP contribution in [0.5, 0.6) is 0 Å². The Hall–Kier alpha value is -0.120. The van der Waals surface area contributed by atoms with Crippen molar-refractivity contribution in [3.8, 4) is 0 Å². The van der Waals surface area contributed by atoms with Gasteiger partial charge in [0.05, 0.1) is 6.61 Å². The van der Waals surface area contributed by atoms with Gasteiger partial charge in [0.25, 0.3) is 0 Å². The molecule has 106 valence electrons. The second-order valence-electron chi connectivity index (χ2n) is 6.21. The Balaban J connectivity index is 2.04. The summed E-state index contributed by atoms with van der Waals surface area (Å²) in [5, 5.41) is 3.73. The summed E-state index contributed by atoms with van der Waals surface area (Å²) in [7, 11) is 0. The number of nitrogens with one attached hydrogen (secondary N) is 1. The molecule has 1 N–H and O–H groups in total. The van der Waals surface area contributed by atoms with Gasteiger partial charge in [0.1, 0.15) is 0 Å².